The van der Waals surface area contributed by atoms with E-state index in [0.717, 1.165) is 83.6 Å². The third-order valence-electron chi connectivity index (χ3n) is 13.1. The van der Waals surface area contributed by atoms with Crippen LogP contribution in [0.3, 0.4) is 0 Å². The summed E-state index contributed by atoms with van der Waals surface area (Å²) in [7, 11) is 3.20. The molecule has 2 aliphatic rings. The van der Waals surface area contributed by atoms with Gasteiger partial charge in [-0.2, -0.15) is 0 Å². The van der Waals surface area contributed by atoms with Gasteiger partial charge in [0.1, 0.15) is 11.4 Å². The van der Waals surface area contributed by atoms with Crippen LogP contribution in [0.5, 0.6) is 0 Å². The maximum Gasteiger partial charge on any atom is 0.265 e. The minimum Gasteiger partial charge on any atom is -0.288 e. The van der Waals surface area contributed by atoms with E-state index in [0.29, 0.717) is 17.5 Å². The molecule has 3 heterocycles. The number of nitrogens with zero attached hydrogens (tertiary/aromatic N) is 6. The van der Waals surface area contributed by atoms with Crippen molar-refractivity contribution >= 4 is 63.2 Å². The zero-order valence-electron chi connectivity index (χ0n) is 39.8. The smallest absolute Gasteiger partial charge is 0.265 e. The molecule has 0 spiro atoms. The van der Waals surface area contributed by atoms with Gasteiger partial charge in [0.05, 0.1) is 22.4 Å². The van der Waals surface area contributed by atoms with Gasteiger partial charge in [0.2, 0.25) is 0 Å². The van der Waals surface area contributed by atoms with Crippen molar-refractivity contribution in [2.45, 2.75) is 46.5 Å². The predicted octanol–water partition coefficient (Wildman–Crippen LogP) is 14.1. The fraction of sp³-hybridized carbons (Fsp3) is 0.150. The summed E-state index contributed by atoms with van der Waals surface area (Å²) in [6, 6.07) is 57.2. The summed E-state index contributed by atoms with van der Waals surface area (Å²) in [4.78, 5) is 46.3. The fourth-order valence-electron chi connectivity index (χ4n) is 9.52. The molecule has 0 unspecified atom stereocenters. The van der Waals surface area contributed by atoms with Crippen molar-refractivity contribution in [3.05, 3.63) is 204 Å². The normalized spacial score (nSPS) is 14.5. The van der Waals surface area contributed by atoms with Gasteiger partial charge in [-0.1, -0.05) is 167 Å². The highest BCUT2D eigenvalue weighted by atomic mass is 32.1. The Morgan fingerprint density at radius 1 is 0.478 bits per heavy atom. The second-order valence-corrected chi connectivity index (χ2v) is 18.7. The first-order valence-electron chi connectivity index (χ1n) is 23.4. The van der Waals surface area contributed by atoms with Crippen LogP contribution in [0.1, 0.15) is 56.2 Å². The Kier molecular flexibility index (Phi) is 11.8. The molecule has 0 radical (unpaired) electrons. The van der Waals surface area contributed by atoms with Crippen molar-refractivity contribution < 1.29 is 9.59 Å². The molecular weight excluding hydrogens is 869 g/mol. The summed E-state index contributed by atoms with van der Waals surface area (Å²) in [5.74, 6) is 1.16. The van der Waals surface area contributed by atoms with Gasteiger partial charge in [-0.15, -0.1) is 0 Å². The monoisotopic (exact) mass is 920 g/mol. The summed E-state index contributed by atoms with van der Waals surface area (Å²) in [6.07, 6.45) is 3.53. The van der Waals surface area contributed by atoms with Gasteiger partial charge in [-0.3, -0.25) is 29.2 Å². The summed E-state index contributed by atoms with van der Waals surface area (Å²) in [6.45, 7) is 11.0. The minimum atomic E-state index is -0.477. The number of para-hydroxylation sites is 3. The lowest BCUT2D eigenvalue weighted by Gasteiger charge is -2.33. The van der Waals surface area contributed by atoms with Gasteiger partial charge in [0.25, 0.3) is 11.8 Å². The molecule has 9 heteroatoms. The number of aryl methyl sites for hydroxylation is 1. The Morgan fingerprint density at radius 3 is 1.30 bits per heavy atom. The Balaban J connectivity index is 1.32. The molecule has 2 aliphatic heterocycles. The van der Waals surface area contributed by atoms with Crippen LogP contribution >= 0.6 is 12.2 Å². The maximum absolute atomic E-state index is 14.1. The number of allylic oxidation sites excluding steroid dienone is 2. The Hall–Kier alpha value is -8.01. The number of rotatable bonds is 9. The van der Waals surface area contributed by atoms with E-state index < -0.39 is 11.8 Å². The highest BCUT2D eigenvalue weighted by Crippen LogP contribution is 2.55. The van der Waals surface area contributed by atoms with Crippen molar-refractivity contribution in [2.24, 2.45) is 0 Å². The zero-order chi connectivity index (χ0) is 48.1. The Morgan fingerprint density at radius 2 is 0.870 bits per heavy atom. The number of likely N-dealkylation sites (N-methyl/N-ethyl adjacent to an activating group) is 2. The summed E-state index contributed by atoms with van der Waals surface area (Å²) < 4.78 is 0. The summed E-state index contributed by atoms with van der Waals surface area (Å²) >= 11 is 5.52. The van der Waals surface area contributed by atoms with Crippen molar-refractivity contribution in [3.63, 3.8) is 0 Å². The average Bonchev–Trinajstić information content (AvgIpc) is 3.68. The maximum atomic E-state index is 14.1. The molecule has 7 aromatic carbocycles. The third-order valence-corrected chi connectivity index (χ3v) is 13.7. The minimum absolute atomic E-state index is 0.0124. The van der Waals surface area contributed by atoms with E-state index in [1.807, 2.05) is 42.5 Å². The molecule has 340 valence electrons. The number of benzene rings is 7. The summed E-state index contributed by atoms with van der Waals surface area (Å²) in [5, 5.41) is 0.143. The van der Waals surface area contributed by atoms with Gasteiger partial charge in [-0.25, -0.2) is 9.97 Å². The number of carbonyl (C=O) groups is 2. The van der Waals surface area contributed by atoms with Crippen molar-refractivity contribution in [1.29, 1.82) is 0 Å². The largest absolute Gasteiger partial charge is 0.288 e. The molecule has 0 N–H and O–H groups in total. The molecule has 8 aromatic rings. The lowest BCUT2D eigenvalue weighted by atomic mass is 9.91. The fourth-order valence-corrected chi connectivity index (χ4v) is 9.68. The summed E-state index contributed by atoms with van der Waals surface area (Å²) in [5.41, 5.74) is 15.0. The number of anilines is 4. The SMILES string of the molecule is Cc1cc(-c2ccc(-c3ccccc3)cc2)c(N2/C(=C/C=C3C(=O)N(C)C(=S)N(C)C3=O)N(c3c(C(C)C)cccc3C(C)C)c3nc4ccccc4nc32)c(-c2ccc(-c3ccccc3)cc2)c1. The Labute approximate surface area is 409 Å². The van der Waals surface area contributed by atoms with E-state index in [9.17, 15) is 9.59 Å². The average molecular weight is 921 g/mol. The van der Waals surface area contributed by atoms with Crippen LogP contribution in [0.15, 0.2) is 187 Å². The molecule has 1 saturated heterocycles. The molecule has 2 amide bonds. The zero-order valence-corrected chi connectivity index (χ0v) is 40.6. The molecule has 0 bridgehead atoms. The van der Waals surface area contributed by atoms with Crippen LogP contribution in [0.4, 0.5) is 23.0 Å². The number of carbonyl (C=O) groups excluding carboxylic acids is 2. The number of amides is 2. The lowest BCUT2D eigenvalue weighted by molar-refractivity contribution is -0.132. The first kappa shape index (κ1) is 44.8. The van der Waals surface area contributed by atoms with Gasteiger partial charge in [0, 0.05) is 25.2 Å². The first-order chi connectivity index (χ1) is 33.4. The number of hydrogen-bond donors (Lipinski definition) is 0. The van der Waals surface area contributed by atoms with Crippen LogP contribution in [-0.4, -0.2) is 50.8 Å². The topological polar surface area (TPSA) is 72.9 Å². The quantitative estimate of drug-likeness (QED) is 0.0811. The van der Waals surface area contributed by atoms with Crippen LogP contribution < -0.4 is 9.80 Å². The second-order valence-electron chi connectivity index (χ2n) is 18.3. The molecule has 1 aromatic heterocycles. The van der Waals surface area contributed by atoms with Crippen LogP contribution in [0.25, 0.3) is 55.5 Å². The third kappa shape index (κ3) is 8.08. The van der Waals surface area contributed by atoms with E-state index in [1.165, 1.54) is 9.80 Å². The van der Waals surface area contributed by atoms with Gasteiger partial charge in [0.15, 0.2) is 16.7 Å². The molecular formula is C60H52N6O2S. The van der Waals surface area contributed by atoms with Gasteiger partial charge in [-0.05, 0) is 117 Å². The van der Waals surface area contributed by atoms with Crippen molar-refractivity contribution in [1.82, 2.24) is 19.8 Å². The first-order valence-corrected chi connectivity index (χ1v) is 23.8. The number of thiocarbonyl (C=S) groups is 1. The van der Waals surface area contributed by atoms with E-state index in [-0.39, 0.29) is 22.5 Å². The van der Waals surface area contributed by atoms with Gasteiger partial charge >= 0.3 is 0 Å². The number of hydrogen-bond acceptors (Lipinski definition) is 7. The highest BCUT2D eigenvalue weighted by Gasteiger charge is 2.42. The van der Waals surface area contributed by atoms with Crippen LogP contribution in [0.2, 0.25) is 0 Å². The standard InChI is InChI=1S/C60H52N6O2S/c1-37(2)46-21-16-22-47(38(3)4)54(46)65-53(34-33-48-58(67)63(6)60(69)64(7)59(48)68)66(57-56(65)61-51-23-14-15-24-52(51)62-57)55-49(44-29-25-42(26-30-44)40-17-10-8-11-18-40)35-39(5)36-50(55)45-31-27-43(28-32-45)41-19-12-9-13-20-41/h8-38H,1-7H3/b53-34+. The van der Waals surface area contributed by atoms with E-state index in [1.54, 1.807) is 20.2 Å². The molecule has 0 aliphatic carbocycles. The van der Waals surface area contributed by atoms with Crippen LogP contribution in [-0.2, 0) is 9.59 Å². The van der Waals surface area contributed by atoms with E-state index in [2.05, 4.69) is 172 Å². The molecule has 69 heavy (non-hydrogen) atoms. The van der Waals surface area contributed by atoms with E-state index in [4.69, 9.17) is 22.2 Å². The van der Waals surface area contributed by atoms with Crippen LogP contribution in [0, 0.1) is 6.92 Å². The molecule has 1 fully saturated rings. The number of aromatic nitrogens is 2. The predicted molar refractivity (Wildman–Crippen MR) is 286 cm³/mol. The van der Waals surface area contributed by atoms with Gasteiger partial charge < -0.3 is 0 Å². The molecule has 0 saturated carbocycles. The molecule has 0 atom stereocenters. The van der Waals surface area contributed by atoms with Crippen molar-refractivity contribution in [2.75, 3.05) is 23.9 Å². The molecule has 10 rings (SSSR count). The highest BCUT2D eigenvalue weighted by molar-refractivity contribution is 7.80. The molecule has 8 nitrogen and oxygen atoms in total. The lowest BCUT2D eigenvalue weighted by Crippen LogP contribution is -2.52. The van der Waals surface area contributed by atoms with E-state index >= 15 is 0 Å². The van der Waals surface area contributed by atoms with Crippen molar-refractivity contribution in [3.8, 4) is 44.5 Å². The second kappa shape index (κ2) is 18.2. The Bertz CT molecular complexity index is 3220. The number of fused-ring (bicyclic) bond motifs is 2.